The van der Waals surface area contributed by atoms with Crippen molar-refractivity contribution in [2.75, 3.05) is 6.61 Å². The molecule has 0 aliphatic rings. The van der Waals surface area contributed by atoms with E-state index in [9.17, 15) is 9.32 Å². The van der Waals surface area contributed by atoms with E-state index >= 15 is 0 Å². The van der Waals surface area contributed by atoms with Crippen molar-refractivity contribution >= 4 is 38.5 Å². The second-order valence-corrected chi connectivity index (χ2v) is 10.7. The monoisotopic (exact) mass is 437 g/mol. The lowest BCUT2D eigenvalue weighted by molar-refractivity contribution is 0.102. The molecule has 0 aliphatic heterocycles. The number of aliphatic hydroxyl groups excluding tert-OH is 1. The van der Waals surface area contributed by atoms with Crippen LogP contribution in [0.15, 0.2) is 22.7 Å². The summed E-state index contributed by atoms with van der Waals surface area (Å²) in [7, 11) is -1.28. The normalized spacial score (nSPS) is 18.7. The number of hydrogen-bond acceptors (Lipinski definition) is 2. The van der Waals surface area contributed by atoms with Gasteiger partial charge >= 0.3 is 0 Å². The second kappa shape index (κ2) is 8.63. The van der Waals surface area contributed by atoms with E-state index in [2.05, 4.69) is 34.5 Å². The van der Waals surface area contributed by atoms with E-state index in [1.54, 1.807) is 0 Å². The maximum atomic E-state index is 12.8. The van der Waals surface area contributed by atoms with Crippen LogP contribution in [0.2, 0.25) is 5.02 Å². The molecule has 3 nitrogen and oxygen atoms in total. The molecule has 0 amide bonds. The van der Waals surface area contributed by atoms with Crippen LogP contribution in [-0.2, 0) is 16.5 Å². The first-order valence-corrected chi connectivity index (χ1v) is 10.6. The van der Waals surface area contributed by atoms with Crippen molar-refractivity contribution in [1.29, 1.82) is 0 Å². The highest BCUT2D eigenvalue weighted by molar-refractivity contribution is 9.10. The molecule has 6 heteroatoms. The highest BCUT2D eigenvalue weighted by Crippen LogP contribution is 2.38. The van der Waals surface area contributed by atoms with E-state index in [-0.39, 0.29) is 18.4 Å². The molecule has 24 heavy (non-hydrogen) atoms. The number of rotatable bonds is 7. The van der Waals surface area contributed by atoms with Gasteiger partial charge in [-0.25, -0.2) is 8.93 Å². The Labute approximate surface area is 162 Å². The molecule has 2 unspecified atom stereocenters. The van der Waals surface area contributed by atoms with Crippen LogP contribution in [0.3, 0.4) is 0 Å². The molecule has 4 atom stereocenters. The Morgan fingerprint density at radius 1 is 1.33 bits per heavy atom. The van der Waals surface area contributed by atoms with Gasteiger partial charge in [0, 0.05) is 17.0 Å². The van der Waals surface area contributed by atoms with Gasteiger partial charge in [0.1, 0.15) is 0 Å². The Hall–Kier alpha value is 0.0600. The molecule has 0 fully saturated rings. The van der Waals surface area contributed by atoms with Gasteiger partial charge in [-0.1, -0.05) is 37.9 Å². The zero-order valence-corrected chi connectivity index (χ0v) is 18.5. The molecule has 0 radical (unpaired) electrons. The summed E-state index contributed by atoms with van der Waals surface area (Å²) >= 11 is 9.71. The Bertz CT molecular complexity index is 591. The van der Waals surface area contributed by atoms with E-state index in [0.717, 1.165) is 16.5 Å². The average molecular weight is 439 g/mol. The van der Waals surface area contributed by atoms with Gasteiger partial charge in [0.2, 0.25) is 0 Å². The predicted molar refractivity (Wildman–Crippen MR) is 108 cm³/mol. The minimum absolute atomic E-state index is 0.00747. The van der Waals surface area contributed by atoms with Gasteiger partial charge in [-0.3, -0.25) is 0 Å². The van der Waals surface area contributed by atoms with Gasteiger partial charge in [0.05, 0.1) is 26.3 Å². The minimum Gasteiger partial charge on any atom is -0.396 e. The van der Waals surface area contributed by atoms with Crippen LogP contribution in [0.25, 0.3) is 0 Å². The maximum absolute atomic E-state index is 12.8. The summed E-state index contributed by atoms with van der Waals surface area (Å²) < 4.78 is 16.5. The summed E-state index contributed by atoms with van der Waals surface area (Å²) in [6.45, 7) is 12.0. The highest BCUT2D eigenvalue weighted by Gasteiger charge is 2.41. The molecule has 0 saturated carbocycles. The smallest absolute Gasteiger partial charge is 0.0978 e. The summed E-state index contributed by atoms with van der Waals surface area (Å²) in [5.74, 6) is 0.165. The number of hydrogen-bond donors (Lipinski definition) is 2. The number of nitrogens with one attached hydrogen (secondary N) is 1. The van der Waals surface area contributed by atoms with E-state index < -0.39 is 21.3 Å². The van der Waals surface area contributed by atoms with Crippen LogP contribution >= 0.6 is 27.5 Å². The molecule has 0 bridgehead atoms. The van der Waals surface area contributed by atoms with Crippen LogP contribution < -0.4 is 4.72 Å². The first-order valence-electron chi connectivity index (χ1n) is 8.23. The Morgan fingerprint density at radius 2 is 1.92 bits per heavy atom. The Kier molecular flexibility index (Phi) is 7.95. The molecule has 138 valence electrons. The largest absolute Gasteiger partial charge is 0.396 e. The van der Waals surface area contributed by atoms with E-state index in [1.165, 1.54) is 0 Å². The van der Waals surface area contributed by atoms with Crippen molar-refractivity contribution < 1.29 is 9.32 Å². The van der Waals surface area contributed by atoms with Gasteiger partial charge in [-0.15, -0.1) is 0 Å². The summed E-state index contributed by atoms with van der Waals surface area (Å²) in [5.41, 5.74) is 0.264. The van der Waals surface area contributed by atoms with Gasteiger partial charge in [0.15, 0.2) is 0 Å². The first kappa shape index (κ1) is 22.1. The van der Waals surface area contributed by atoms with E-state index in [4.69, 9.17) is 11.6 Å². The van der Waals surface area contributed by atoms with Crippen molar-refractivity contribution in [2.24, 2.45) is 11.8 Å². The molecule has 0 aromatic heterocycles. The highest BCUT2D eigenvalue weighted by atomic mass is 79.9. The van der Waals surface area contributed by atoms with Gasteiger partial charge in [-0.05, 0) is 67.2 Å². The van der Waals surface area contributed by atoms with Gasteiger partial charge < -0.3 is 5.11 Å². The van der Waals surface area contributed by atoms with Crippen LogP contribution in [0.5, 0.6) is 0 Å². The number of aliphatic hydroxyl groups is 1. The summed E-state index contributed by atoms with van der Waals surface area (Å²) in [5, 5.41) is 10.7. The molecular weight excluding hydrogens is 410 g/mol. The first-order chi connectivity index (χ1) is 11.0. The van der Waals surface area contributed by atoms with Crippen molar-refractivity contribution in [3.8, 4) is 0 Å². The van der Waals surface area contributed by atoms with Crippen LogP contribution in [-0.4, -0.2) is 20.7 Å². The lowest BCUT2D eigenvalue weighted by Crippen LogP contribution is -2.53. The average Bonchev–Trinajstić information content (AvgIpc) is 2.49. The predicted octanol–water partition coefficient (Wildman–Crippen LogP) is 5.02. The Balaban J connectivity index is 3.43. The SMILES string of the molecule is CC[C@H](C)C(CO)[C@@](C)(NS(=O)C(C)(C)C)c1ccc(Br)c(Cl)c1. The number of halogens is 2. The van der Waals surface area contributed by atoms with Crippen molar-refractivity contribution in [2.45, 2.75) is 58.2 Å². The third-order valence-corrected chi connectivity index (χ3v) is 7.60. The molecule has 1 aromatic rings. The quantitative estimate of drug-likeness (QED) is 0.627. The fourth-order valence-corrected chi connectivity index (χ4v) is 4.12. The third kappa shape index (κ3) is 5.04. The fraction of sp³-hybridized carbons (Fsp3) is 0.667. The van der Waals surface area contributed by atoms with Crippen molar-refractivity contribution in [1.82, 2.24) is 4.72 Å². The van der Waals surface area contributed by atoms with Crippen LogP contribution in [0.4, 0.5) is 0 Å². The van der Waals surface area contributed by atoms with E-state index in [1.807, 2.05) is 45.9 Å². The van der Waals surface area contributed by atoms with Crippen LogP contribution in [0, 0.1) is 11.8 Å². The van der Waals surface area contributed by atoms with Crippen molar-refractivity contribution in [3.05, 3.63) is 33.3 Å². The molecular formula is C18H29BrClNO2S. The zero-order chi connectivity index (χ0) is 18.7. The molecule has 1 aromatic carbocycles. The fourth-order valence-electron chi connectivity index (χ4n) is 2.73. The lowest BCUT2D eigenvalue weighted by atomic mass is 9.73. The second-order valence-electron chi connectivity index (χ2n) is 7.49. The minimum atomic E-state index is -1.28. The topological polar surface area (TPSA) is 49.3 Å². The standard InChI is InChI=1S/C18H29BrClNO2S/c1-7-12(2)14(11-22)18(6,21-24(23)17(3,4)5)13-8-9-15(19)16(20)10-13/h8-10,12,14,21-22H,7,11H2,1-6H3/t12-,14?,18-,24?/m0/s1. The maximum Gasteiger partial charge on any atom is 0.0978 e. The molecule has 0 aliphatic carbocycles. The summed E-state index contributed by atoms with van der Waals surface area (Å²) in [6.07, 6.45) is 0.926. The van der Waals surface area contributed by atoms with Crippen LogP contribution in [0.1, 0.15) is 53.5 Å². The molecule has 0 spiro atoms. The van der Waals surface area contributed by atoms with Gasteiger partial charge in [0.25, 0.3) is 0 Å². The summed E-state index contributed by atoms with van der Waals surface area (Å²) in [4.78, 5) is 0. The number of benzene rings is 1. The zero-order valence-electron chi connectivity index (χ0n) is 15.3. The molecule has 1 rings (SSSR count). The molecule has 2 N–H and O–H groups in total. The summed E-state index contributed by atoms with van der Waals surface area (Å²) in [6, 6.07) is 5.74. The third-order valence-electron chi connectivity index (χ3n) is 4.65. The Morgan fingerprint density at radius 3 is 2.33 bits per heavy atom. The van der Waals surface area contributed by atoms with Crippen molar-refractivity contribution in [3.63, 3.8) is 0 Å². The molecule has 0 saturated heterocycles. The van der Waals surface area contributed by atoms with E-state index in [0.29, 0.717) is 5.02 Å². The lowest BCUT2D eigenvalue weighted by Gasteiger charge is -2.42. The molecule has 0 heterocycles. The van der Waals surface area contributed by atoms with Gasteiger partial charge in [-0.2, -0.15) is 0 Å².